The van der Waals surface area contributed by atoms with E-state index in [0.717, 1.165) is 11.1 Å². The van der Waals surface area contributed by atoms with Gasteiger partial charge in [-0.25, -0.2) is 0 Å². The number of benzene rings is 3. The molecular formula is C23H19N3O3. The molecule has 6 heteroatoms. The summed E-state index contributed by atoms with van der Waals surface area (Å²) < 4.78 is 11.0. The van der Waals surface area contributed by atoms with Crippen LogP contribution in [-0.4, -0.2) is 22.7 Å². The maximum absolute atomic E-state index is 12.4. The molecule has 3 aromatic carbocycles. The van der Waals surface area contributed by atoms with Gasteiger partial charge in [-0.15, -0.1) is 0 Å². The molecule has 0 radical (unpaired) electrons. The number of ether oxygens (including phenoxy) is 1. The van der Waals surface area contributed by atoms with Crippen LogP contribution in [-0.2, 0) is 4.79 Å². The van der Waals surface area contributed by atoms with Gasteiger partial charge in [0.05, 0.1) is 11.3 Å². The van der Waals surface area contributed by atoms with Crippen LogP contribution < -0.4 is 10.1 Å². The summed E-state index contributed by atoms with van der Waals surface area (Å²) >= 11 is 0. The van der Waals surface area contributed by atoms with Gasteiger partial charge in [0.15, 0.2) is 6.61 Å². The maximum Gasteiger partial charge on any atom is 0.262 e. The molecule has 0 saturated heterocycles. The Balaban J connectivity index is 1.48. The molecule has 1 N–H and O–H groups in total. The first kappa shape index (κ1) is 18.4. The van der Waals surface area contributed by atoms with Crippen molar-refractivity contribution in [2.45, 2.75) is 6.92 Å². The molecule has 6 nitrogen and oxygen atoms in total. The Morgan fingerprint density at radius 1 is 0.966 bits per heavy atom. The molecular weight excluding hydrogens is 366 g/mol. The topological polar surface area (TPSA) is 77.2 Å². The van der Waals surface area contributed by atoms with Crippen molar-refractivity contribution in [2.75, 3.05) is 11.9 Å². The van der Waals surface area contributed by atoms with Gasteiger partial charge in [0.1, 0.15) is 5.75 Å². The number of nitrogens with one attached hydrogen (secondary N) is 1. The van der Waals surface area contributed by atoms with Crippen molar-refractivity contribution in [3.05, 3.63) is 84.4 Å². The number of nitrogens with zero attached hydrogens (tertiary/aromatic N) is 2. The zero-order valence-electron chi connectivity index (χ0n) is 15.8. The number of hydrogen-bond acceptors (Lipinski definition) is 5. The summed E-state index contributed by atoms with van der Waals surface area (Å²) in [7, 11) is 0. The normalized spacial score (nSPS) is 10.5. The average Bonchev–Trinajstić information content (AvgIpc) is 3.24. The van der Waals surface area contributed by atoms with Gasteiger partial charge in [0.25, 0.3) is 11.8 Å². The lowest BCUT2D eigenvalue weighted by molar-refractivity contribution is -0.118. The van der Waals surface area contributed by atoms with E-state index in [9.17, 15) is 4.79 Å². The fraction of sp³-hybridized carbons (Fsp3) is 0.0870. The molecule has 0 aliphatic rings. The van der Waals surface area contributed by atoms with E-state index in [2.05, 4.69) is 15.5 Å². The largest absolute Gasteiger partial charge is 0.484 e. The molecule has 0 spiro atoms. The first-order chi connectivity index (χ1) is 14.2. The van der Waals surface area contributed by atoms with Gasteiger partial charge in [0, 0.05) is 5.56 Å². The second-order valence-electron chi connectivity index (χ2n) is 6.48. The second kappa shape index (κ2) is 8.39. The van der Waals surface area contributed by atoms with Crippen LogP contribution in [0.4, 0.5) is 5.69 Å². The van der Waals surface area contributed by atoms with Crippen LogP contribution in [0.1, 0.15) is 5.56 Å². The van der Waals surface area contributed by atoms with Gasteiger partial charge in [-0.2, -0.15) is 4.98 Å². The maximum atomic E-state index is 12.4. The molecule has 1 heterocycles. The van der Waals surface area contributed by atoms with Crippen molar-refractivity contribution in [3.8, 4) is 28.6 Å². The van der Waals surface area contributed by atoms with E-state index >= 15 is 0 Å². The van der Waals surface area contributed by atoms with E-state index in [1.807, 2.05) is 79.7 Å². The molecule has 144 valence electrons. The summed E-state index contributed by atoms with van der Waals surface area (Å²) in [6, 6.07) is 24.4. The molecule has 29 heavy (non-hydrogen) atoms. The highest BCUT2D eigenvalue weighted by Crippen LogP contribution is 2.28. The lowest BCUT2D eigenvalue weighted by atomic mass is 10.1. The molecule has 0 saturated carbocycles. The van der Waals surface area contributed by atoms with Crippen molar-refractivity contribution < 1.29 is 14.1 Å². The van der Waals surface area contributed by atoms with E-state index < -0.39 is 0 Å². The molecule has 0 atom stereocenters. The van der Waals surface area contributed by atoms with Gasteiger partial charge in [0.2, 0.25) is 5.82 Å². The van der Waals surface area contributed by atoms with E-state index in [-0.39, 0.29) is 12.5 Å². The number of amides is 1. The highest BCUT2D eigenvalue weighted by molar-refractivity contribution is 5.95. The minimum Gasteiger partial charge on any atom is -0.484 e. The summed E-state index contributed by atoms with van der Waals surface area (Å²) in [6.07, 6.45) is 0. The average molecular weight is 385 g/mol. The number of rotatable bonds is 6. The quantitative estimate of drug-likeness (QED) is 0.519. The molecule has 0 aliphatic heterocycles. The Bertz CT molecular complexity index is 1110. The van der Waals surface area contributed by atoms with Gasteiger partial charge in [-0.05, 0) is 31.2 Å². The zero-order valence-corrected chi connectivity index (χ0v) is 15.8. The Hall–Kier alpha value is -3.93. The molecule has 0 unspecified atom stereocenters. The monoisotopic (exact) mass is 385 g/mol. The second-order valence-corrected chi connectivity index (χ2v) is 6.48. The highest BCUT2D eigenvalue weighted by Gasteiger charge is 2.15. The third kappa shape index (κ3) is 4.50. The number of hydrogen-bond donors (Lipinski definition) is 1. The Labute approximate surface area is 168 Å². The lowest BCUT2D eigenvalue weighted by Crippen LogP contribution is -2.20. The smallest absolute Gasteiger partial charge is 0.262 e. The summed E-state index contributed by atoms with van der Waals surface area (Å²) in [5.74, 6) is 1.19. The minimum absolute atomic E-state index is 0.101. The van der Waals surface area contributed by atoms with Crippen LogP contribution in [0, 0.1) is 6.92 Å². The standard InChI is InChI=1S/C23H19N3O3/c1-16-11-13-18(14-12-16)28-15-21(27)24-20-10-6-5-9-19(20)23-25-22(26-29-23)17-7-3-2-4-8-17/h2-14H,15H2,1H3,(H,24,27). The van der Waals surface area contributed by atoms with Crippen LogP contribution in [0.5, 0.6) is 5.75 Å². The SMILES string of the molecule is Cc1ccc(OCC(=O)Nc2ccccc2-c2nc(-c3ccccc3)no2)cc1. The zero-order chi connectivity index (χ0) is 20.1. The Morgan fingerprint density at radius 2 is 1.69 bits per heavy atom. The number of aromatic nitrogens is 2. The van der Waals surface area contributed by atoms with Crippen LogP contribution in [0.15, 0.2) is 83.4 Å². The summed E-state index contributed by atoms with van der Waals surface area (Å²) in [4.78, 5) is 16.8. The van der Waals surface area contributed by atoms with Crippen LogP contribution in [0.3, 0.4) is 0 Å². The van der Waals surface area contributed by atoms with E-state index in [1.54, 1.807) is 6.07 Å². The molecule has 4 aromatic rings. The third-order valence-electron chi connectivity index (χ3n) is 4.28. The van der Waals surface area contributed by atoms with Crippen molar-refractivity contribution >= 4 is 11.6 Å². The summed E-state index contributed by atoms with van der Waals surface area (Å²) in [6.45, 7) is 1.89. The van der Waals surface area contributed by atoms with E-state index in [1.165, 1.54) is 0 Å². The first-order valence-electron chi connectivity index (χ1n) is 9.17. The van der Waals surface area contributed by atoms with E-state index in [0.29, 0.717) is 28.7 Å². The number of carbonyl (C=O) groups is 1. The van der Waals surface area contributed by atoms with Gasteiger partial charge in [-0.3, -0.25) is 4.79 Å². The molecule has 0 fully saturated rings. The van der Waals surface area contributed by atoms with Crippen molar-refractivity contribution in [2.24, 2.45) is 0 Å². The molecule has 1 amide bonds. The fourth-order valence-corrected chi connectivity index (χ4v) is 2.79. The van der Waals surface area contributed by atoms with Crippen LogP contribution >= 0.6 is 0 Å². The highest BCUT2D eigenvalue weighted by atomic mass is 16.5. The van der Waals surface area contributed by atoms with Gasteiger partial charge in [-0.1, -0.05) is 65.3 Å². The number of aryl methyl sites for hydroxylation is 1. The van der Waals surface area contributed by atoms with Crippen molar-refractivity contribution in [1.29, 1.82) is 0 Å². The molecule has 1 aromatic heterocycles. The fourth-order valence-electron chi connectivity index (χ4n) is 2.79. The summed E-state index contributed by atoms with van der Waals surface area (Å²) in [5.41, 5.74) is 3.21. The summed E-state index contributed by atoms with van der Waals surface area (Å²) in [5, 5.41) is 6.89. The van der Waals surface area contributed by atoms with E-state index in [4.69, 9.17) is 9.26 Å². The number of para-hydroxylation sites is 1. The number of anilines is 1. The minimum atomic E-state index is -0.277. The molecule has 4 rings (SSSR count). The van der Waals surface area contributed by atoms with Crippen LogP contribution in [0.25, 0.3) is 22.8 Å². The van der Waals surface area contributed by atoms with Crippen molar-refractivity contribution in [3.63, 3.8) is 0 Å². The van der Waals surface area contributed by atoms with Crippen LogP contribution in [0.2, 0.25) is 0 Å². The Morgan fingerprint density at radius 3 is 2.48 bits per heavy atom. The lowest BCUT2D eigenvalue weighted by Gasteiger charge is -2.10. The predicted octanol–water partition coefficient (Wildman–Crippen LogP) is 4.73. The van der Waals surface area contributed by atoms with Crippen molar-refractivity contribution in [1.82, 2.24) is 10.1 Å². The molecule has 0 bridgehead atoms. The van der Waals surface area contributed by atoms with Gasteiger partial charge < -0.3 is 14.6 Å². The molecule has 0 aliphatic carbocycles. The van der Waals surface area contributed by atoms with Gasteiger partial charge >= 0.3 is 0 Å². The predicted molar refractivity (Wildman–Crippen MR) is 110 cm³/mol. The Kier molecular flexibility index (Phi) is 5.33. The third-order valence-corrected chi connectivity index (χ3v) is 4.28. The first-order valence-corrected chi connectivity index (χ1v) is 9.17. The number of carbonyl (C=O) groups excluding carboxylic acids is 1.